The van der Waals surface area contributed by atoms with Crippen molar-refractivity contribution in [3.8, 4) is 0 Å². The van der Waals surface area contributed by atoms with Gasteiger partial charge in [-0.1, -0.05) is 6.07 Å². The molecule has 0 fully saturated rings. The van der Waals surface area contributed by atoms with Crippen molar-refractivity contribution < 1.29 is 4.79 Å². The molecular formula is C11H18N2OS. The minimum absolute atomic E-state index is 0.154. The topological polar surface area (TPSA) is 41.1 Å². The highest BCUT2D eigenvalue weighted by Gasteiger charge is 2.00. The summed E-state index contributed by atoms with van der Waals surface area (Å²) in [7, 11) is 1.90. The van der Waals surface area contributed by atoms with Gasteiger partial charge in [-0.05, 0) is 37.9 Å². The van der Waals surface area contributed by atoms with E-state index in [-0.39, 0.29) is 5.91 Å². The summed E-state index contributed by atoms with van der Waals surface area (Å²) in [6.45, 7) is 1.65. The SMILES string of the molecule is CNCCCC(=O)NCCc1cccs1. The summed E-state index contributed by atoms with van der Waals surface area (Å²) >= 11 is 1.73. The molecule has 0 atom stereocenters. The van der Waals surface area contributed by atoms with Crippen LogP contribution in [0, 0.1) is 0 Å². The zero-order valence-corrected chi connectivity index (χ0v) is 9.90. The van der Waals surface area contributed by atoms with Crippen molar-refractivity contribution in [1.29, 1.82) is 0 Å². The first-order valence-electron chi connectivity index (χ1n) is 5.26. The summed E-state index contributed by atoms with van der Waals surface area (Å²) in [6.07, 6.45) is 2.46. The molecule has 0 aliphatic rings. The van der Waals surface area contributed by atoms with Crippen LogP contribution in [0.25, 0.3) is 0 Å². The molecule has 0 aromatic carbocycles. The van der Waals surface area contributed by atoms with E-state index < -0.39 is 0 Å². The van der Waals surface area contributed by atoms with E-state index in [0.29, 0.717) is 6.42 Å². The normalized spacial score (nSPS) is 10.2. The second-order valence-electron chi connectivity index (χ2n) is 3.39. The predicted octanol–water partition coefficient (Wildman–Crippen LogP) is 1.41. The molecule has 0 unspecified atom stereocenters. The first kappa shape index (κ1) is 12.2. The molecule has 1 amide bonds. The van der Waals surface area contributed by atoms with Gasteiger partial charge in [0.25, 0.3) is 0 Å². The molecule has 1 aromatic heterocycles. The highest BCUT2D eigenvalue weighted by Crippen LogP contribution is 2.07. The third-order valence-corrected chi connectivity index (χ3v) is 3.04. The molecule has 84 valence electrons. The number of carbonyl (C=O) groups is 1. The molecule has 0 spiro atoms. The van der Waals surface area contributed by atoms with Gasteiger partial charge in [-0.15, -0.1) is 11.3 Å². The summed E-state index contributed by atoms with van der Waals surface area (Å²) in [5.41, 5.74) is 0. The zero-order valence-electron chi connectivity index (χ0n) is 9.08. The molecule has 0 radical (unpaired) electrons. The molecule has 0 aliphatic heterocycles. The summed E-state index contributed by atoms with van der Waals surface area (Å²) in [5.74, 6) is 0.154. The summed E-state index contributed by atoms with van der Waals surface area (Å²) in [4.78, 5) is 12.6. The maximum atomic E-state index is 11.3. The van der Waals surface area contributed by atoms with Gasteiger partial charge in [0.05, 0.1) is 0 Å². The van der Waals surface area contributed by atoms with Gasteiger partial charge in [-0.3, -0.25) is 4.79 Å². The van der Waals surface area contributed by atoms with Gasteiger partial charge in [0, 0.05) is 17.8 Å². The first-order chi connectivity index (χ1) is 7.33. The average molecular weight is 226 g/mol. The molecule has 1 rings (SSSR count). The maximum Gasteiger partial charge on any atom is 0.220 e. The summed E-state index contributed by atoms with van der Waals surface area (Å²) in [5, 5.41) is 8.00. The van der Waals surface area contributed by atoms with E-state index in [1.807, 2.05) is 13.1 Å². The molecule has 1 heterocycles. The van der Waals surface area contributed by atoms with E-state index in [1.54, 1.807) is 11.3 Å². The van der Waals surface area contributed by atoms with Crippen LogP contribution in [0.3, 0.4) is 0 Å². The van der Waals surface area contributed by atoms with Gasteiger partial charge in [0.1, 0.15) is 0 Å². The first-order valence-corrected chi connectivity index (χ1v) is 6.14. The van der Waals surface area contributed by atoms with Gasteiger partial charge < -0.3 is 10.6 Å². The third-order valence-electron chi connectivity index (χ3n) is 2.10. The van der Waals surface area contributed by atoms with Gasteiger partial charge in [0.2, 0.25) is 5.91 Å². The largest absolute Gasteiger partial charge is 0.356 e. The van der Waals surface area contributed by atoms with E-state index in [4.69, 9.17) is 0 Å². The van der Waals surface area contributed by atoms with Crippen LogP contribution >= 0.6 is 11.3 Å². The van der Waals surface area contributed by atoms with Crippen LogP contribution < -0.4 is 10.6 Å². The molecule has 2 N–H and O–H groups in total. The van der Waals surface area contributed by atoms with Crippen molar-refractivity contribution in [2.24, 2.45) is 0 Å². The fourth-order valence-electron chi connectivity index (χ4n) is 1.29. The number of hydrogen-bond donors (Lipinski definition) is 2. The van der Waals surface area contributed by atoms with Crippen LogP contribution in [0.1, 0.15) is 17.7 Å². The van der Waals surface area contributed by atoms with E-state index in [2.05, 4.69) is 22.1 Å². The lowest BCUT2D eigenvalue weighted by Gasteiger charge is -2.03. The minimum Gasteiger partial charge on any atom is -0.356 e. The van der Waals surface area contributed by atoms with Gasteiger partial charge >= 0.3 is 0 Å². The van der Waals surface area contributed by atoms with E-state index in [0.717, 1.165) is 25.9 Å². The fraction of sp³-hybridized carbons (Fsp3) is 0.545. The summed E-state index contributed by atoms with van der Waals surface area (Å²) < 4.78 is 0. The Labute approximate surface area is 94.9 Å². The quantitative estimate of drug-likeness (QED) is 0.690. The molecule has 0 bridgehead atoms. The Morgan fingerprint density at radius 2 is 2.33 bits per heavy atom. The minimum atomic E-state index is 0.154. The Morgan fingerprint density at radius 3 is 3.00 bits per heavy atom. The number of thiophene rings is 1. The van der Waals surface area contributed by atoms with Crippen LogP contribution in [0.4, 0.5) is 0 Å². The van der Waals surface area contributed by atoms with E-state index in [1.165, 1.54) is 4.88 Å². The molecule has 0 saturated heterocycles. The Bertz CT molecular complexity index is 272. The molecule has 15 heavy (non-hydrogen) atoms. The van der Waals surface area contributed by atoms with Gasteiger partial charge in [-0.25, -0.2) is 0 Å². The standard InChI is InChI=1S/C11H18N2OS/c1-12-7-2-5-11(14)13-8-6-10-4-3-9-15-10/h3-4,9,12H,2,5-8H2,1H3,(H,13,14). The van der Waals surface area contributed by atoms with Crippen molar-refractivity contribution in [2.45, 2.75) is 19.3 Å². The maximum absolute atomic E-state index is 11.3. The van der Waals surface area contributed by atoms with Crippen molar-refractivity contribution in [3.05, 3.63) is 22.4 Å². The number of nitrogens with one attached hydrogen (secondary N) is 2. The van der Waals surface area contributed by atoms with E-state index >= 15 is 0 Å². The lowest BCUT2D eigenvalue weighted by molar-refractivity contribution is -0.121. The molecule has 4 heteroatoms. The van der Waals surface area contributed by atoms with Gasteiger partial charge in [0.15, 0.2) is 0 Å². The second kappa shape index (κ2) is 7.43. The highest BCUT2D eigenvalue weighted by molar-refractivity contribution is 7.09. The van der Waals surface area contributed by atoms with Crippen LogP contribution in [0.2, 0.25) is 0 Å². The Hall–Kier alpha value is -0.870. The average Bonchev–Trinajstić information content (AvgIpc) is 2.71. The lowest BCUT2D eigenvalue weighted by Crippen LogP contribution is -2.26. The molecule has 1 aromatic rings. The molecule has 3 nitrogen and oxygen atoms in total. The predicted molar refractivity (Wildman–Crippen MR) is 64.2 cm³/mol. The van der Waals surface area contributed by atoms with Crippen molar-refractivity contribution in [3.63, 3.8) is 0 Å². The van der Waals surface area contributed by atoms with Crippen LogP contribution in [-0.2, 0) is 11.2 Å². The van der Waals surface area contributed by atoms with Gasteiger partial charge in [-0.2, -0.15) is 0 Å². The second-order valence-corrected chi connectivity index (χ2v) is 4.42. The number of hydrogen-bond acceptors (Lipinski definition) is 3. The Morgan fingerprint density at radius 1 is 1.47 bits per heavy atom. The Kier molecular flexibility index (Phi) is 6.04. The number of amides is 1. The van der Waals surface area contributed by atoms with Crippen molar-refractivity contribution >= 4 is 17.2 Å². The molecule has 0 aliphatic carbocycles. The smallest absolute Gasteiger partial charge is 0.220 e. The van der Waals surface area contributed by atoms with Crippen LogP contribution in [-0.4, -0.2) is 26.0 Å². The molecule has 0 saturated carbocycles. The lowest BCUT2D eigenvalue weighted by atomic mass is 10.3. The monoisotopic (exact) mass is 226 g/mol. The third kappa shape index (κ3) is 5.54. The molecular weight excluding hydrogens is 208 g/mol. The summed E-state index contributed by atoms with van der Waals surface area (Å²) in [6, 6.07) is 4.13. The van der Waals surface area contributed by atoms with Crippen molar-refractivity contribution in [1.82, 2.24) is 10.6 Å². The van der Waals surface area contributed by atoms with E-state index in [9.17, 15) is 4.79 Å². The van der Waals surface area contributed by atoms with Crippen LogP contribution in [0.15, 0.2) is 17.5 Å². The fourth-order valence-corrected chi connectivity index (χ4v) is 2.00. The zero-order chi connectivity index (χ0) is 10.9. The number of carbonyl (C=O) groups excluding carboxylic acids is 1. The highest BCUT2D eigenvalue weighted by atomic mass is 32.1. The number of rotatable bonds is 7. The Balaban J connectivity index is 2.02. The van der Waals surface area contributed by atoms with Crippen LogP contribution in [0.5, 0.6) is 0 Å². The van der Waals surface area contributed by atoms with Crippen molar-refractivity contribution in [2.75, 3.05) is 20.1 Å².